The lowest BCUT2D eigenvalue weighted by atomic mass is 10.2. The number of ether oxygens (including phenoxy) is 1. The molecule has 0 radical (unpaired) electrons. The zero-order valence-electron chi connectivity index (χ0n) is 14.4. The number of hydrogen-bond acceptors (Lipinski definition) is 5. The Morgan fingerprint density at radius 1 is 1.21 bits per heavy atom. The molecule has 1 aliphatic rings. The van der Waals surface area contributed by atoms with Crippen LogP contribution in [0.2, 0.25) is 0 Å². The minimum absolute atomic E-state index is 0.117. The first-order valence-corrected chi connectivity index (χ1v) is 7.76. The molecule has 134 valence electrons. The lowest BCUT2D eigenvalue weighted by molar-refractivity contribution is -0.137. The summed E-state index contributed by atoms with van der Waals surface area (Å²) in [6, 6.07) is 2.46. The highest BCUT2D eigenvalue weighted by molar-refractivity contribution is 5.67. The number of hydroxylamine groups is 2. The maximum absolute atomic E-state index is 14.2. The van der Waals surface area contributed by atoms with Gasteiger partial charge >= 0.3 is 6.09 Å². The average Bonchev–Trinajstić information content (AvgIpc) is 2.70. The van der Waals surface area contributed by atoms with E-state index in [2.05, 4.69) is 5.32 Å². The number of hydrogen-bond donors (Lipinski definition) is 1. The van der Waals surface area contributed by atoms with Gasteiger partial charge in [0.2, 0.25) is 0 Å². The van der Waals surface area contributed by atoms with Crippen molar-refractivity contribution in [1.82, 2.24) is 5.06 Å². The van der Waals surface area contributed by atoms with Crippen molar-refractivity contribution in [3.8, 4) is 0 Å². The van der Waals surface area contributed by atoms with Crippen LogP contribution in [0.1, 0.15) is 20.8 Å². The standard InChI is InChI=1S/C16H23F2N3O3/c1-16(2,3)24-15(22)21-6-5-20(7-8-23-21)14-12(17)9-11(19-4)10-13(14)18/h9-10,19H,5-8H2,1-4H3. The maximum atomic E-state index is 14.2. The molecule has 24 heavy (non-hydrogen) atoms. The van der Waals surface area contributed by atoms with Gasteiger partial charge in [0.15, 0.2) is 11.6 Å². The van der Waals surface area contributed by atoms with E-state index in [9.17, 15) is 13.6 Å². The number of nitrogens with zero attached hydrogens (tertiary/aromatic N) is 2. The number of anilines is 2. The van der Waals surface area contributed by atoms with Crippen molar-refractivity contribution in [1.29, 1.82) is 0 Å². The van der Waals surface area contributed by atoms with E-state index < -0.39 is 23.3 Å². The first-order valence-electron chi connectivity index (χ1n) is 7.76. The number of halogens is 2. The van der Waals surface area contributed by atoms with E-state index in [1.165, 1.54) is 17.0 Å². The van der Waals surface area contributed by atoms with Crippen LogP contribution < -0.4 is 10.2 Å². The minimum atomic E-state index is -0.662. The predicted molar refractivity (Wildman–Crippen MR) is 87.0 cm³/mol. The van der Waals surface area contributed by atoms with E-state index in [4.69, 9.17) is 9.57 Å². The van der Waals surface area contributed by atoms with Crippen LogP contribution in [0.3, 0.4) is 0 Å². The summed E-state index contributed by atoms with van der Waals surface area (Å²) in [5, 5.41) is 3.79. The molecule has 1 heterocycles. The van der Waals surface area contributed by atoms with Crippen molar-refractivity contribution in [3.63, 3.8) is 0 Å². The van der Waals surface area contributed by atoms with Gasteiger partial charge in [0.25, 0.3) is 0 Å². The molecular weight excluding hydrogens is 320 g/mol. The topological polar surface area (TPSA) is 54.0 Å². The van der Waals surface area contributed by atoms with E-state index in [-0.39, 0.29) is 31.9 Å². The van der Waals surface area contributed by atoms with Crippen molar-refractivity contribution in [2.45, 2.75) is 26.4 Å². The fourth-order valence-corrected chi connectivity index (χ4v) is 2.34. The molecule has 1 aromatic carbocycles. The molecule has 8 heteroatoms. The largest absolute Gasteiger partial charge is 0.442 e. The summed E-state index contributed by atoms with van der Waals surface area (Å²) in [6.45, 7) is 6.00. The number of nitrogens with one attached hydrogen (secondary N) is 1. The van der Waals surface area contributed by atoms with Crippen molar-refractivity contribution < 1.29 is 23.1 Å². The highest BCUT2D eigenvalue weighted by atomic mass is 19.1. The third-order valence-corrected chi connectivity index (χ3v) is 3.40. The first-order chi connectivity index (χ1) is 11.2. The molecule has 1 N–H and O–H groups in total. The zero-order chi connectivity index (χ0) is 17.9. The van der Waals surface area contributed by atoms with Gasteiger partial charge in [-0.3, -0.25) is 4.84 Å². The third kappa shape index (κ3) is 4.47. The second kappa shape index (κ2) is 7.21. The molecular formula is C16H23F2N3O3. The summed E-state index contributed by atoms with van der Waals surface area (Å²) in [5.41, 5.74) is -0.410. The zero-order valence-corrected chi connectivity index (χ0v) is 14.4. The molecule has 0 atom stereocenters. The minimum Gasteiger partial charge on any atom is -0.442 e. The Labute approximate surface area is 140 Å². The van der Waals surface area contributed by atoms with Gasteiger partial charge in [0, 0.05) is 25.8 Å². The monoisotopic (exact) mass is 343 g/mol. The van der Waals surface area contributed by atoms with Crippen LogP contribution in [-0.2, 0) is 9.57 Å². The van der Waals surface area contributed by atoms with Crippen LogP contribution in [0.15, 0.2) is 12.1 Å². The van der Waals surface area contributed by atoms with E-state index in [1.807, 2.05) is 0 Å². The van der Waals surface area contributed by atoms with Crippen molar-refractivity contribution in [3.05, 3.63) is 23.8 Å². The third-order valence-electron chi connectivity index (χ3n) is 3.40. The Hall–Kier alpha value is -2.09. The Kier molecular flexibility index (Phi) is 5.48. The summed E-state index contributed by atoms with van der Waals surface area (Å²) in [5.74, 6) is -1.32. The molecule has 0 saturated carbocycles. The number of carbonyl (C=O) groups excluding carboxylic acids is 1. The van der Waals surface area contributed by atoms with Gasteiger partial charge < -0.3 is 15.0 Å². The predicted octanol–water partition coefficient (Wildman–Crippen LogP) is 3.00. The lowest BCUT2D eigenvalue weighted by Crippen LogP contribution is -2.38. The summed E-state index contributed by atoms with van der Waals surface area (Å²) in [7, 11) is 1.59. The second-order valence-electron chi connectivity index (χ2n) is 6.44. The Morgan fingerprint density at radius 2 is 1.83 bits per heavy atom. The Balaban J connectivity index is 2.10. The van der Waals surface area contributed by atoms with Gasteiger partial charge in [0.1, 0.15) is 11.3 Å². The molecule has 1 saturated heterocycles. The van der Waals surface area contributed by atoms with Gasteiger partial charge in [-0.1, -0.05) is 0 Å². The van der Waals surface area contributed by atoms with E-state index in [0.29, 0.717) is 5.69 Å². The number of amides is 1. The van der Waals surface area contributed by atoms with Gasteiger partial charge in [0.05, 0.1) is 13.2 Å². The van der Waals surface area contributed by atoms with E-state index >= 15 is 0 Å². The quantitative estimate of drug-likeness (QED) is 0.895. The number of benzene rings is 1. The fraction of sp³-hybridized carbons (Fsp3) is 0.562. The Morgan fingerprint density at radius 3 is 2.38 bits per heavy atom. The molecule has 0 bridgehead atoms. The highest BCUT2D eigenvalue weighted by Crippen LogP contribution is 2.27. The summed E-state index contributed by atoms with van der Waals surface area (Å²) in [4.78, 5) is 18.9. The summed E-state index contributed by atoms with van der Waals surface area (Å²) >= 11 is 0. The van der Waals surface area contributed by atoms with Crippen LogP contribution in [0.4, 0.5) is 25.0 Å². The molecule has 1 aromatic rings. The van der Waals surface area contributed by atoms with E-state index in [0.717, 1.165) is 5.06 Å². The van der Waals surface area contributed by atoms with Crippen molar-refractivity contribution in [2.75, 3.05) is 43.5 Å². The van der Waals surface area contributed by atoms with Crippen LogP contribution in [0.25, 0.3) is 0 Å². The van der Waals surface area contributed by atoms with E-state index in [1.54, 1.807) is 27.8 Å². The molecule has 1 amide bonds. The smallest absolute Gasteiger partial charge is 0.434 e. The average molecular weight is 343 g/mol. The van der Waals surface area contributed by atoms with Gasteiger partial charge in [-0.05, 0) is 32.9 Å². The maximum Gasteiger partial charge on any atom is 0.434 e. The van der Waals surface area contributed by atoms with Crippen LogP contribution in [0, 0.1) is 11.6 Å². The van der Waals surface area contributed by atoms with Gasteiger partial charge in [-0.2, -0.15) is 5.06 Å². The van der Waals surface area contributed by atoms with Crippen LogP contribution in [0.5, 0.6) is 0 Å². The molecule has 0 spiro atoms. The van der Waals surface area contributed by atoms with Crippen molar-refractivity contribution >= 4 is 17.5 Å². The fourth-order valence-electron chi connectivity index (χ4n) is 2.34. The summed E-state index contributed by atoms with van der Waals surface area (Å²) in [6.07, 6.45) is -0.615. The van der Waals surface area contributed by atoms with Crippen LogP contribution in [-0.4, -0.2) is 50.0 Å². The van der Waals surface area contributed by atoms with Crippen molar-refractivity contribution in [2.24, 2.45) is 0 Å². The first kappa shape index (κ1) is 18.3. The normalized spacial score (nSPS) is 15.9. The van der Waals surface area contributed by atoms with Gasteiger partial charge in [-0.25, -0.2) is 13.6 Å². The molecule has 0 aromatic heterocycles. The lowest BCUT2D eigenvalue weighted by Gasteiger charge is -2.26. The number of carbonyl (C=O) groups is 1. The highest BCUT2D eigenvalue weighted by Gasteiger charge is 2.27. The van der Waals surface area contributed by atoms with Crippen LogP contribution >= 0.6 is 0 Å². The molecule has 2 rings (SSSR count). The summed E-state index contributed by atoms with van der Waals surface area (Å²) < 4.78 is 33.7. The molecule has 0 aliphatic carbocycles. The second-order valence-corrected chi connectivity index (χ2v) is 6.44. The van der Waals surface area contributed by atoms with Gasteiger partial charge in [-0.15, -0.1) is 0 Å². The SMILES string of the molecule is CNc1cc(F)c(N2CCON(C(=O)OC(C)(C)C)CC2)c(F)c1. The molecule has 1 fully saturated rings. The molecule has 0 unspecified atom stereocenters. The Bertz CT molecular complexity index is 582. The number of rotatable bonds is 2. The molecule has 6 nitrogen and oxygen atoms in total. The molecule has 1 aliphatic heterocycles.